The first kappa shape index (κ1) is 23.0. The molecule has 0 spiro atoms. The number of nitrogens with zero attached hydrogens (tertiary/aromatic N) is 2. The number of carbonyl (C=O) groups excluding carboxylic acids is 1. The van der Waals surface area contributed by atoms with E-state index in [1.165, 1.54) is 28.6 Å². The molecule has 0 saturated carbocycles. The van der Waals surface area contributed by atoms with Gasteiger partial charge in [-0.25, -0.2) is 4.79 Å². The molecule has 0 atom stereocenters. The molecule has 7 heteroatoms. The second-order valence-corrected chi connectivity index (χ2v) is 13.0. The van der Waals surface area contributed by atoms with Crippen molar-refractivity contribution in [2.24, 2.45) is 10.3 Å². The van der Waals surface area contributed by atoms with E-state index in [2.05, 4.69) is 41.5 Å². The molecule has 1 fully saturated rings. The number of ether oxygens (including phenoxy) is 1. The molecule has 2 aromatic rings. The Balaban J connectivity index is 1.67. The van der Waals surface area contributed by atoms with E-state index < -0.39 is 25.8 Å². The standard InChI is InChI=1S/C24H27IN2O4/c1-17(19-9-11-21(12-10-19)25-13-14-25)15-18(2)26-31-16-20-7-5-6-8-22(20)23(27-30-4)24(28)29-3/h5-12,15H,13-14,16H2,1-4H3/b17-15+,26-18-,27-23+. The Morgan fingerprint density at radius 3 is 2.39 bits per heavy atom. The average Bonchev–Trinajstić information content (AvgIpc) is 3.63. The molecule has 0 unspecified atom stereocenters. The third-order valence-corrected chi connectivity index (χ3v) is 9.31. The van der Waals surface area contributed by atoms with Crippen molar-refractivity contribution in [1.29, 1.82) is 0 Å². The van der Waals surface area contributed by atoms with E-state index >= 15 is 0 Å². The van der Waals surface area contributed by atoms with Crippen LogP contribution in [0.4, 0.5) is 0 Å². The first-order valence-electron chi connectivity index (χ1n) is 9.88. The number of halogens is 1. The van der Waals surface area contributed by atoms with Crippen LogP contribution in [0.15, 0.2) is 64.9 Å². The van der Waals surface area contributed by atoms with E-state index in [0.29, 0.717) is 5.56 Å². The van der Waals surface area contributed by atoms with Gasteiger partial charge < -0.3 is 9.57 Å². The molecule has 31 heavy (non-hydrogen) atoms. The van der Waals surface area contributed by atoms with Crippen molar-refractivity contribution >= 4 is 42.8 Å². The van der Waals surface area contributed by atoms with Gasteiger partial charge in [-0.05, 0) is 0 Å². The van der Waals surface area contributed by atoms with E-state index in [1.54, 1.807) is 9.64 Å². The first-order valence-corrected chi connectivity index (χ1v) is 14.0. The molecule has 3 rings (SSSR count). The van der Waals surface area contributed by atoms with Gasteiger partial charge in [-0.1, -0.05) is 23.4 Å². The Hall–Kier alpha value is -2.68. The first-order chi connectivity index (χ1) is 15.0. The molecule has 1 heterocycles. The topological polar surface area (TPSA) is 69.5 Å². The fraction of sp³-hybridized carbons (Fsp3) is 0.292. The monoisotopic (exact) mass is 534 g/mol. The summed E-state index contributed by atoms with van der Waals surface area (Å²) in [5, 5.41) is 8.02. The van der Waals surface area contributed by atoms with Crippen LogP contribution in [0.5, 0.6) is 0 Å². The van der Waals surface area contributed by atoms with E-state index in [9.17, 15) is 4.79 Å². The Labute approximate surface area is 190 Å². The van der Waals surface area contributed by atoms with Crippen molar-refractivity contribution in [1.82, 2.24) is 0 Å². The maximum atomic E-state index is 12.0. The Morgan fingerprint density at radius 1 is 1.03 bits per heavy atom. The van der Waals surface area contributed by atoms with E-state index in [-0.39, 0.29) is 12.3 Å². The molecule has 0 amide bonds. The van der Waals surface area contributed by atoms with Crippen LogP contribution < -0.4 is 0 Å². The molecule has 1 aliphatic heterocycles. The van der Waals surface area contributed by atoms with Crippen LogP contribution in [-0.4, -0.2) is 40.5 Å². The van der Waals surface area contributed by atoms with Gasteiger partial charge in [0.15, 0.2) is 5.71 Å². The SMILES string of the molecule is CO/N=C(/C(=O)OC)c1ccccc1CO/N=C(C)\C=C(/C)c1ccc(I2CC2)cc1. The molecular weight excluding hydrogens is 507 g/mol. The number of oxime groups is 2. The predicted octanol–water partition coefficient (Wildman–Crippen LogP) is 4.90. The van der Waals surface area contributed by atoms with Crippen molar-refractivity contribution in [3.05, 3.63) is 74.9 Å². The molecule has 164 valence electrons. The summed E-state index contributed by atoms with van der Waals surface area (Å²) in [6.45, 7) is 4.15. The van der Waals surface area contributed by atoms with Crippen molar-refractivity contribution < 1.29 is 19.2 Å². The van der Waals surface area contributed by atoms with Gasteiger partial charge >= 0.3 is 133 Å². The van der Waals surface area contributed by atoms with Crippen molar-refractivity contribution in [3.8, 4) is 0 Å². The van der Waals surface area contributed by atoms with Gasteiger partial charge in [-0.3, -0.25) is 0 Å². The van der Waals surface area contributed by atoms with Gasteiger partial charge in [-0.15, -0.1) is 0 Å². The zero-order chi connectivity index (χ0) is 22.2. The van der Waals surface area contributed by atoms with Crippen LogP contribution in [0.3, 0.4) is 0 Å². The predicted molar refractivity (Wildman–Crippen MR) is 132 cm³/mol. The van der Waals surface area contributed by atoms with Gasteiger partial charge in [0, 0.05) is 0 Å². The van der Waals surface area contributed by atoms with E-state index in [4.69, 9.17) is 14.4 Å². The third kappa shape index (κ3) is 6.40. The van der Waals surface area contributed by atoms with E-state index in [0.717, 1.165) is 16.8 Å². The molecule has 0 aromatic heterocycles. The molecule has 2 aromatic carbocycles. The van der Waals surface area contributed by atoms with Gasteiger partial charge in [0.25, 0.3) is 0 Å². The summed E-state index contributed by atoms with van der Waals surface area (Å²) < 4.78 is 9.31. The molecule has 0 radical (unpaired) electrons. The second kappa shape index (κ2) is 11.1. The van der Waals surface area contributed by atoms with Crippen molar-refractivity contribution in [3.63, 3.8) is 0 Å². The zero-order valence-electron chi connectivity index (χ0n) is 18.2. The summed E-state index contributed by atoms with van der Waals surface area (Å²) in [4.78, 5) is 22.4. The van der Waals surface area contributed by atoms with E-state index in [1.807, 2.05) is 31.2 Å². The summed E-state index contributed by atoms with van der Waals surface area (Å²) in [6.07, 6.45) is 2.00. The number of hydrogen-bond acceptors (Lipinski definition) is 6. The van der Waals surface area contributed by atoms with Crippen LogP contribution in [0.2, 0.25) is 0 Å². The van der Waals surface area contributed by atoms with Crippen molar-refractivity contribution in [2.45, 2.75) is 20.5 Å². The number of allylic oxidation sites excluding steroid dienone is 2. The number of hydrogen-bond donors (Lipinski definition) is 0. The number of esters is 1. The van der Waals surface area contributed by atoms with Crippen LogP contribution in [0, 0.1) is 3.57 Å². The summed E-state index contributed by atoms with van der Waals surface area (Å²) in [5.74, 6) is -0.580. The average molecular weight is 534 g/mol. The van der Waals surface area contributed by atoms with Crippen LogP contribution in [0.1, 0.15) is 30.5 Å². The Bertz CT molecular complexity index is 1010. The number of rotatable bonds is 9. The van der Waals surface area contributed by atoms with Crippen molar-refractivity contribution in [2.75, 3.05) is 23.1 Å². The minimum absolute atomic E-state index is 0.0822. The molecule has 1 saturated heterocycles. The fourth-order valence-electron chi connectivity index (χ4n) is 3.03. The number of alkyl halides is 2. The maximum absolute atomic E-state index is 12.0. The van der Waals surface area contributed by atoms with Gasteiger partial charge in [0.05, 0.1) is 7.11 Å². The van der Waals surface area contributed by atoms with Gasteiger partial charge in [-0.2, -0.15) is 0 Å². The van der Waals surface area contributed by atoms with Crippen LogP contribution in [-0.2, 0) is 25.8 Å². The zero-order valence-corrected chi connectivity index (χ0v) is 20.4. The number of methoxy groups -OCH3 is 1. The molecule has 1 aliphatic rings. The summed E-state index contributed by atoms with van der Waals surface area (Å²) >= 11 is -0.704. The fourth-order valence-corrected chi connectivity index (χ4v) is 7.23. The van der Waals surface area contributed by atoms with Crippen LogP contribution >= 0.6 is 19.8 Å². The normalized spacial score (nSPS) is 15.5. The molecule has 6 nitrogen and oxygen atoms in total. The van der Waals surface area contributed by atoms with Gasteiger partial charge in [0.2, 0.25) is 0 Å². The number of benzene rings is 2. The third-order valence-electron chi connectivity index (χ3n) is 4.67. The Kier molecular flexibility index (Phi) is 8.22. The molecular formula is C24H27IN2O4. The van der Waals surface area contributed by atoms with Crippen LogP contribution in [0.25, 0.3) is 5.57 Å². The Morgan fingerprint density at radius 2 is 1.74 bits per heavy atom. The number of carbonyl (C=O) groups is 1. The van der Waals surface area contributed by atoms with Gasteiger partial charge in [0.1, 0.15) is 7.11 Å². The molecule has 0 bridgehead atoms. The molecule has 0 N–H and O–H groups in total. The summed E-state index contributed by atoms with van der Waals surface area (Å²) in [6, 6.07) is 16.2. The minimum atomic E-state index is -0.704. The quantitative estimate of drug-likeness (QED) is 0.151. The second-order valence-electron chi connectivity index (χ2n) is 6.95. The summed E-state index contributed by atoms with van der Waals surface area (Å²) in [7, 11) is 2.68. The summed E-state index contributed by atoms with van der Waals surface area (Å²) in [5.41, 5.74) is 4.50. The molecule has 0 aliphatic carbocycles.